The van der Waals surface area contributed by atoms with Crippen LogP contribution in [0.3, 0.4) is 0 Å². The van der Waals surface area contributed by atoms with Crippen molar-refractivity contribution in [1.82, 2.24) is 10.6 Å². The smallest absolute Gasteiger partial charge is 0.220 e. The largest absolute Gasteiger partial charge is 0.352 e. The number of carbonyl (C=O) groups is 1. The van der Waals surface area contributed by atoms with Gasteiger partial charge in [-0.1, -0.05) is 45.7 Å². The standard InChI is InChI=1S/C18H18BrClN2O.ClH/c19-17-5-4-16(20)8-13(17)3-6-18(23)22-9-12-1-2-14-10-21-11-15(14)7-12;/h1-2,4-5,7-8,21H,3,6,9-11H2,(H,22,23);1H. The third-order valence-electron chi connectivity index (χ3n) is 4.02. The molecule has 2 aromatic carbocycles. The summed E-state index contributed by atoms with van der Waals surface area (Å²) >= 11 is 9.48. The maximum atomic E-state index is 12.0. The van der Waals surface area contributed by atoms with Crippen molar-refractivity contribution in [3.05, 3.63) is 68.1 Å². The molecule has 128 valence electrons. The van der Waals surface area contributed by atoms with E-state index in [1.165, 1.54) is 11.1 Å². The summed E-state index contributed by atoms with van der Waals surface area (Å²) in [5.74, 6) is 0.0514. The predicted octanol–water partition coefficient (Wildman–Crippen LogP) is 4.38. The summed E-state index contributed by atoms with van der Waals surface area (Å²) in [5.41, 5.74) is 4.88. The average molecular weight is 430 g/mol. The molecular formula is C18H19BrCl2N2O. The van der Waals surface area contributed by atoms with Crippen LogP contribution in [-0.4, -0.2) is 5.91 Å². The summed E-state index contributed by atoms with van der Waals surface area (Å²) in [5, 5.41) is 7.00. The first-order valence-electron chi connectivity index (χ1n) is 7.64. The van der Waals surface area contributed by atoms with E-state index in [0.717, 1.165) is 28.7 Å². The highest BCUT2D eigenvalue weighted by molar-refractivity contribution is 9.10. The predicted molar refractivity (Wildman–Crippen MR) is 104 cm³/mol. The Balaban J connectivity index is 0.00000208. The maximum Gasteiger partial charge on any atom is 0.220 e. The molecule has 6 heteroatoms. The third-order valence-corrected chi connectivity index (χ3v) is 5.03. The molecule has 0 unspecified atom stereocenters. The van der Waals surface area contributed by atoms with Crippen LogP contribution in [0.25, 0.3) is 0 Å². The van der Waals surface area contributed by atoms with Gasteiger partial charge in [-0.15, -0.1) is 12.4 Å². The van der Waals surface area contributed by atoms with E-state index in [1.807, 2.05) is 18.2 Å². The quantitative estimate of drug-likeness (QED) is 0.740. The van der Waals surface area contributed by atoms with Crippen molar-refractivity contribution in [2.45, 2.75) is 32.5 Å². The van der Waals surface area contributed by atoms with Gasteiger partial charge >= 0.3 is 0 Å². The number of aryl methyl sites for hydroxylation is 1. The first-order chi connectivity index (χ1) is 11.1. The van der Waals surface area contributed by atoms with E-state index in [1.54, 1.807) is 0 Å². The summed E-state index contributed by atoms with van der Waals surface area (Å²) in [4.78, 5) is 12.0. The summed E-state index contributed by atoms with van der Waals surface area (Å²) in [6.45, 7) is 2.43. The number of fused-ring (bicyclic) bond motifs is 1. The number of hydrogen-bond donors (Lipinski definition) is 2. The normalized spacial score (nSPS) is 12.4. The lowest BCUT2D eigenvalue weighted by Gasteiger charge is -2.08. The molecule has 0 spiro atoms. The number of benzene rings is 2. The Hall–Kier alpha value is -1.07. The second-order valence-electron chi connectivity index (χ2n) is 5.72. The second-order valence-corrected chi connectivity index (χ2v) is 7.01. The fraction of sp³-hybridized carbons (Fsp3) is 0.278. The van der Waals surface area contributed by atoms with E-state index < -0.39 is 0 Å². The fourth-order valence-electron chi connectivity index (χ4n) is 2.73. The fourth-order valence-corrected chi connectivity index (χ4v) is 3.37. The molecule has 0 radical (unpaired) electrons. The van der Waals surface area contributed by atoms with Crippen molar-refractivity contribution in [3.8, 4) is 0 Å². The monoisotopic (exact) mass is 428 g/mol. The van der Waals surface area contributed by atoms with Gasteiger partial charge in [-0.05, 0) is 46.9 Å². The Labute approximate surface area is 161 Å². The van der Waals surface area contributed by atoms with Gasteiger partial charge in [0, 0.05) is 35.6 Å². The summed E-state index contributed by atoms with van der Waals surface area (Å²) in [7, 11) is 0. The zero-order valence-corrected chi connectivity index (χ0v) is 16.2. The molecule has 3 rings (SSSR count). The zero-order valence-electron chi connectivity index (χ0n) is 13.1. The minimum absolute atomic E-state index is 0. The molecule has 0 bridgehead atoms. The van der Waals surface area contributed by atoms with Gasteiger partial charge in [0.15, 0.2) is 0 Å². The molecular weight excluding hydrogens is 411 g/mol. The van der Waals surface area contributed by atoms with E-state index in [0.29, 0.717) is 24.4 Å². The molecule has 1 aliphatic heterocycles. The Morgan fingerprint density at radius 2 is 1.96 bits per heavy atom. The summed E-state index contributed by atoms with van der Waals surface area (Å²) in [6.07, 6.45) is 1.12. The van der Waals surface area contributed by atoms with E-state index in [2.05, 4.69) is 44.8 Å². The lowest BCUT2D eigenvalue weighted by Crippen LogP contribution is -2.23. The van der Waals surface area contributed by atoms with Crippen molar-refractivity contribution in [3.63, 3.8) is 0 Å². The van der Waals surface area contributed by atoms with Crippen LogP contribution in [0.2, 0.25) is 5.02 Å². The first kappa shape index (κ1) is 19.3. The molecule has 1 amide bonds. The summed E-state index contributed by atoms with van der Waals surface area (Å²) < 4.78 is 0.987. The van der Waals surface area contributed by atoms with Crippen molar-refractivity contribution in [2.75, 3.05) is 0 Å². The van der Waals surface area contributed by atoms with Gasteiger partial charge < -0.3 is 10.6 Å². The van der Waals surface area contributed by atoms with Crippen LogP contribution in [0.5, 0.6) is 0 Å². The van der Waals surface area contributed by atoms with Crippen LogP contribution in [0.15, 0.2) is 40.9 Å². The molecule has 1 heterocycles. The summed E-state index contributed by atoms with van der Waals surface area (Å²) in [6, 6.07) is 12.0. The highest BCUT2D eigenvalue weighted by Crippen LogP contribution is 2.22. The van der Waals surface area contributed by atoms with E-state index in [9.17, 15) is 4.79 Å². The molecule has 1 aliphatic rings. The molecule has 0 fully saturated rings. The third kappa shape index (κ3) is 4.96. The molecule has 3 nitrogen and oxygen atoms in total. The molecule has 2 N–H and O–H groups in total. The topological polar surface area (TPSA) is 41.1 Å². The van der Waals surface area contributed by atoms with Crippen LogP contribution in [-0.2, 0) is 30.8 Å². The van der Waals surface area contributed by atoms with Crippen molar-refractivity contribution in [1.29, 1.82) is 0 Å². The molecule has 0 saturated heterocycles. The Morgan fingerprint density at radius 3 is 2.79 bits per heavy atom. The first-order valence-corrected chi connectivity index (χ1v) is 8.81. The van der Waals surface area contributed by atoms with Gasteiger partial charge in [0.05, 0.1) is 0 Å². The van der Waals surface area contributed by atoms with E-state index in [4.69, 9.17) is 11.6 Å². The van der Waals surface area contributed by atoms with Gasteiger partial charge in [-0.3, -0.25) is 4.79 Å². The van der Waals surface area contributed by atoms with Crippen LogP contribution in [0.1, 0.15) is 28.7 Å². The van der Waals surface area contributed by atoms with E-state index in [-0.39, 0.29) is 18.3 Å². The van der Waals surface area contributed by atoms with Crippen molar-refractivity contribution >= 4 is 45.8 Å². The van der Waals surface area contributed by atoms with Crippen LogP contribution in [0, 0.1) is 0 Å². The minimum atomic E-state index is 0. The molecule has 0 saturated carbocycles. The van der Waals surface area contributed by atoms with Gasteiger partial charge in [-0.2, -0.15) is 0 Å². The Morgan fingerprint density at radius 1 is 1.17 bits per heavy atom. The molecule has 2 aromatic rings. The second kappa shape index (κ2) is 8.86. The van der Waals surface area contributed by atoms with E-state index >= 15 is 0 Å². The average Bonchev–Trinajstić information content (AvgIpc) is 3.01. The van der Waals surface area contributed by atoms with Gasteiger partial charge in [-0.25, -0.2) is 0 Å². The lowest BCUT2D eigenvalue weighted by atomic mass is 10.1. The van der Waals surface area contributed by atoms with Crippen molar-refractivity contribution in [2.24, 2.45) is 0 Å². The minimum Gasteiger partial charge on any atom is -0.352 e. The molecule has 0 aliphatic carbocycles. The number of nitrogens with one attached hydrogen (secondary N) is 2. The van der Waals surface area contributed by atoms with Crippen LogP contribution >= 0.6 is 39.9 Å². The van der Waals surface area contributed by atoms with Crippen LogP contribution in [0.4, 0.5) is 0 Å². The molecule has 0 aromatic heterocycles. The zero-order chi connectivity index (χ0) is 16.2. The Bertz CT molecular complexity index is 737. The number of halogens is 3. The highest BCUT2D eigenvalue weighted by Gasteiger charge is 2.10. The SMILES string of the molecule is Cl.O=C(CCc1cc(Cl)ccc1Br)NCc1ccc2c(c1)CNC2. The van der Waals surface area contributed by atoms with Gasteiger partial charge in [0.25, 0.3) is 0 Å². The number of rotatable bonds is 5. The van der Waals surface area contributed by atoms with Crippen molar-refractivity contribution < 1.29 is 4.79 Å². The lowest BCUT2D eigenvalue weighted by molar-refractivity contribution is -0.121. The highest BCUT2D eigenvalue weighted by atomic mass is 79.9. The number of amides is 1. The van der Waals surface area contributed by atoms with Gasteiger partial charge in [0.2, 0.25) is 5.91 Å². The Kier molecular flexibility index (Phi) is 7.11. The number of carbonyl (C=O) groups excluding carboxylic acids is 1. The van der Waals surface area contributed by atoms with Gasteiger partial charge in [0.1, 0.15) is 0 Å². The maximum absolute atomic E-state index is 12.0. The molecule has 24 heavy (non-hydrogen) atoms. The molecule has 0 atom stereocenters. The van der Waals surface area contributed by atoms with Crippen LogP contribution < -0.4 is 10.6 Å². The number of hydrogen-bond acceptors (Lipinski definition) is 2.